The molecule has 2 aromatic heterocycles. The third-order valence-electron chi connectivity index (χ3n) is 4.20. The lowest BCUT2D eigenvalue weighted by Gasteiger charge is -2.30. The molecule has 0 aliphatic carbocycles. The number of hydrogen-bond donors (Lipinski definition) is 1. The number of aromatic nitrogens is 3. The van der Waals surface area contributed by atoms with Gasteiger partial charge in [0.2, 0.25) is 11.6 Å². The van der Waals surface area contributed by atoms with E-state index in [9.17, 15) is 10.1 Å². The lowest BCUT2D eigenvalue weighted by atomic mass is 9.99. The summed E-state index contributed by atoms with van der Waals surface area (Å²) < 4.78 is 0. The Morgan fingerprint density at radius 1 is 1.29 bits per heavy atom. The Balaban J connectivity index is 1.95. The van der Waals surface area contributed by atoms with E-state index >= 15 is 0 Å². The second kappa shape index (κ2) is 6.77. The molecule has 0 unspecified atom stereocenters. The quantitative estimate of drug-likeness (QED) is 0.680. The fourth-order valence-electron chi connectivity index (χ4n) is 2.81. The predicted molar refractivity (Wildman–Crippen MR) is 91.6 cm³/mol. The lowest BCUT2D eigenvalue weighted by Crippen LogP contribution is -2.34. The highest BCUT2D eigenvalue weighted by Gasteiger charge is 2.29. The highest BCUT2D eigenvalue weighted by molar-refractivity contribution is 5.73. The first-order valence-corrected chi connectivity index (χ1v) is 7.99. The van der Waals surface area contributed by atoms with Gasteiger partial charge >= 0.3 is 5.69 Å². The largest absolute Gasteiger partial charge is 0.353 e. The van der Waals surface area contributed by atoms with Crippen LogP contribution < -0.4 is 10.2 Å². The first-order valence-electron chi connectivity index (χ1n) is 7.99. The summed E-state index contributed by atoms with van der Waals surface area (Å²) in [7, 11) is 0. The van der Waals surface area contributed by atoms with Gasteiger partial charge in [-0.1, -0.05) is 13.0 Å². The number of anilines is 3. The lowest BCUT2D eigenvalue weighted by molar-refractivity contribution is -0.383. The maximum Gasteiger partial charge on any atom is 0.353 e. The van der Waals surface area contributed by atoms with E-state index in [-0.39, 0.29) is 11.5 Å². The second-order valence-corrected chi connectivity index (χ2v) is 6.11. The average molecular weight is 328 g/mol. The highest BCUT2D eigenvalue weighted by atomic mass is 16.6. The molecule has 0 amide bonds. The van der Waals surface area contributed by atoms with Gasteiger partial charge in [0.1, 0.15) is 12.1 Å². The zero-order valence-electron chi connectivity index (χ0n) is 13.8. The van der Waals surface area contributed by atoms with E-state index in [1.807, 2.05) is 24.0 Å². The van der Waals surface area contributed by atoms with Crippen LogP contribution in [-0.4, -0.2) is 33.0 Å². The maximum absolute atomic E-state index is 11.6. The second-order valence-electron chi connectivity index (χ2n) is 6.11. The van der Waals surface area contributed by atoms with Crippen molar-refractivity contribution < 1.29 is 4.92 Å². The summed E-state index contributed by atoms with van der Waals surface area (Å²) in [4.78, 5) is 25.7. The first-order chi connectivity index (χ1) is 11.5. The third kappa shape index (κ3) is 3.42. The molecule has 126 valence electrons. The van der Waals surface area contributed by atoms with Crippen LogP contribution in [0.25, 0.3) is 0 Å². The van der Waals surface area contributed by atoms with Gasteiger partial charge in [0, 0.05) is 18.8 Å². The first kappa shape index (κ1) is 16.1. The molecular formula is C16H20N6O2. The van der Waals surface area contributed by atoms with Crippen LogP contribution in [0.3, 0.4) is 0 Å². The Morgan fingerprint density at radius 2 is 2.04 bits per heavy atom. The summed E-state index contributed by atoms with van der Waals surface area (Å²) in [6.07, 6.45) is 3.37. The van der Waals surface area contributed by atoms with Crippen molar-refractivity contribution in [1.29, 1.82) is 0 Å². The maximum atomic E-state index is 11.6. The van der Waals surface area contributed by atoms with Crippen LogP contribution in [0.15, 0.2) is 24.5 Å². The molecule has 1 aliphatic rings. The van der Waals surface area contributed by atoms with Gasteiger partial charge in [0.05, 0.1) is 4.92 Å². The van der Waals surface area contributed by atoms with Gasteiger partial charge in [0.15, 0.2) is 0 Å². The number of pyridine rings is 1. The summed E-state index contributed by atoms with van der Waals surface area (Å²) in [5.41, 5.74) is 0.720. The number of nitrogens with zero attached hydrogens (tertiary/aromatic N) is 5. The third-order valence-corrected chi connectivity index (χ3v) is 4.20. The zero-order valence-corrected chi connectivity index (χ0v) is 13.8. The summed E-state index contributed by atoms with van der Waals surface area (Å²) in [6.45, 7) is 5.59. The van der Waals surface area contributed by atoms with Crippen LogP contribution >= 0.6 is 0 Å². The van der Waals surface area contributed by atoms with E-state index in [1.54, 1.807) is 6.07 Å². The van der Waals surface area contributed by atoms with E-state index in [0.717, 1.165) is 31.6 Å². The minimum absolute atomic E-state index is 0.102. The fraction of sp³-hybridized carbons (Fsp3) is 0.438. The fourth-order valence-corrected chi connectivity index (χ4v) is 2.81. The van der Waals surface area contributed by atoms with Gasteiger partial charge in [0.25, 0.3) is 0 Å². The van der Waals surface area contributed by atoms with E-state index in [1.165, 1.54) is 6.33 Å². The normalized spacial score (nSPS) is 15.3. The summed E-state index contributed by atoms with van der Waals surface area (Å²) in [5, 5.41) is 14.6. The molecule has 1 fully saturated rings. The van der Waals surface area contributed by atoms with Crippen LogP contribution in [-0.2, 0) is 0 Å². The molecule has 1 saturated heterocycles. The molecule has 0 radical (unpaired) electrons. The van der Waals surface area contributed by atoms with Gasteiger partial charge in [-0.3, -0.25) is 10.1 Å². The van der Waals surface area contributed by atoms with Gasteiger partial charge in [-0.2, -0.15) is 0 Å². The highest BCUT2D eigenvalue weighted by Crippen LogP contribution is 2.35. The average Bonchev–Trinajstić information content (AvgIpc) is 2.55. The molecule has 24 heavy (non-hydrogen) atoms. The molecule has 0 saturated carbocycles. The number of aryl methyl sites for hydroxylation is 1. The summed E-state index contributed by atoms with van der Waals surface area (Å²) in [5.74, 6) is 1.70. The van der Waals surface area contributed by atoms with Crippen molar-refractivity contribution in [3.8, 4) is 0 Å². The molecule has 0 bridgehead atoms. The van der Waals surface area contributed by atoms with Gasteiger partial charge in [-0.05, 0) is 37.8 Å². The topological polar surface area (TPSA) is 97.1 Å². The van der Waals surface area contributed by atoms with E-state index in [4.69, 9.17) is 0 Å². The van der Waals surface area contributed by atoms with Crippen molar-refractivity contribution in [2.24, 2.45) is 5.92 Å². The molecule has 1 N–H and O–H groups in total. The molecule has 3 heterocycles. The van der Waals surface area contributed by atoms with Crippen LogP contribution in [0.4, 0.5) is 23.1 Å². The van der Waals surface area contributed by atoms with Crippen LogP contribution in [0.2, 0.25) is 0 Å². The molecule has 1 aliphatic heterocycles. The van der Waals surface area contributed by atoms with E-state index < -0.39 is 4.92 Å². The Hall–Kier alpha value is -2.77. The smallest absolute Gasteiger partial charge is 0.351 e. The monoisotopic (exact) mass is 328 g/mol. The molecule has 0 atom stereocenters. The zero-order chi connectivity index (χ0) is 17.1. The standard InChI is InChI=1S/C16H20N6O2/c1-11-6-8-21(9-7-11)16-14(22(23)24)15(17-10-18-16)20-13-5-3-4-12(2)19-13/h3-5,10-11H,6-9H2,1-2H3,(H,17,18,19,20). The molecule has 2 aromatic rings. The van der Waals surface area contributed by atoms with Crippen LogP contribution in [0, 0.1) is 23.0 Å². The minimum atomic E-state index is -0.425. The molecule has 8 nitrogen and oxygen atoms in total. The molecule has 8 heteroatoms. The van der Waals surface area contributed by atoms with Crippen molar-refractivity contribution in [1.82, 2.24) is 15.0 Å². The molecular weight excluding hydrogens is 308 g/mol. The molecule has 3 rings (SSSR count). The van der Waals surface area contributed by atoms with Gasteiger partial charge in [-0.25, -0.2) is 15.0 Å². The number of nitrogens with one attached hydrogen (secondary N) is 1. The van der Waals surface area contributed by atoms with Crippen molar-refractivity contribution in [3.05, 3.63) is 40.3 Å². The number of piperidine rings is 1. The summed E-state index contributed by atoms with van der Waals surface area (Å²) >= 11 is 0. The predicted octanol–water partition coefficient (Wildman–Crippen LogP) is 3.07. The molecule has 0 spiro atoms. The van der Waals surface area contributed by atoms with Crippen molar-refractivity contribution in [2.45, 2.75) is 26.7 Å². The Labute approximate surface area is 140 Å². The van der Waals surface area contributed by atoms with Gasteiger partial charge in [-0.15, -0.1) is 0 Å². The van der Waals surface area contributed by atoms with Crippen molar-refractivity contribution in [3.63, 3.8) is 0 Å². The Morgan fingerprint density at radius 3 is 2.71 bits per heavy atom. The summed E-state index contributed by atoms with van der Waals surface area (Å²) in [6, 6.07) is 5.45. The molecule has 0 aromatic carbocycles. The van der Waals surface area contributed by atoms with E-state index in [0.29, 0.717) is 17.6 Å². The Kier molecular flexibility index (Phi) is 4.54. The van der Waals surface area contributed by atoms with Crippen molar-refractivity contribution in [2.75, 3.05) is 23.3 Å². The number of rotatable bonds is 4. The van der Waals surface area contributed by atoms with Crippen LogP contribution in [0.5, 0.6) is 0 Å². The SMILES string of the molecule is Cc1cccc(Nc2ncnc(N3CCC(C)CC3)c2[N+](=O)[O-])n1. The van der Waals surface area contributed by atoms with Crippen molar-refractivity contribution >= 4 is 23.1 Å². The van der Waals surface area contributed by atoms with E-state index in [2.05, 4.69) is 27.2 Å². The van der Waals surface area contributed by atoms with Crippen LogP contribution in [0.1, 0.15) is 25.5 Å². The Bertz CT molecular complexity index is 743. The minimum Gasteiger partial charge on any atom is -0.351 e. The number of hydrogen-bond acceptors (Lipinski definition) is 7. The van der Waals surface area contributed by atoms with Gasteiger partial charge < -0.3 is 10.2 Å². The number of nitro groups is 1.